The lowest BCUT2D eigenvalue weighted by Crippen LogP contribution is -2.27. The number of hydrogen-bond acceptors (Lipinski definition) is 5. The number of thiophene rings is 1. The summed E-state index contributed by atoms with van der Waals surface area (Å²) in [7, 11) is -2.11. The average Bonchev–Trinajstić information content (AvgIpc) is 2.80. The van der Waals surface area contributed by atoms with Crippen molar-refractivity contribution in [3.63, 3.8) is 0 Å². The first kappa shape index (κ1) is 16.1. The Hall–Kier alpha value is -1.28. The van der Waals surface area contributed by atoms with Gasteiger partial charge in [-0.25, -0.2) is 8.42 Å². The van der Waals surface area contributed by atoms with Gasteiger partial charge in [-0.2, -0.15) is 4.31 Å². The van der Waals surface area contributed by atoms with E-state index in [0.29, 0.717) is 16.1 Å². The predicted molar refractivity (Wildman–Crippen MR) is 82.6 cm³/mol. The summed E-state index contributed by atoms with van der Waals surface area (Å²) >= 11 is 1.26. The highest BCUT2D eigenvalue weighted by Crippen LogP contribution is 2.29. The van der Waals surface area contributed by atoms with Gasteiger partial charge < -0.3 is 5.11 Å². The number of sulfonamides is 1. The number of rotatable bonds is 5. The lowest BCUT2D eigenvalue weighted by atomic mass is 10.3. The van der Waals surface area contributed by atoms with Crippen LogP contribution in [0.15, 0.2) is 28.5 Å². The van der Waals surface area contributed by atoms with Gasteiger partial charge in [0, 0.05) is 12.7 Å². The van der Waals surface area contributed by atoms with Crippen LogP contribution in [0.3, 0.4) is 0 Å². The van der Waals surface area contributed by atoms with E-state index >= 15 is 0 Å². The van der Waals surface area contributed by atoms with Gasteiger partial charge in [-0.1, -0.05) is 6.07 Å². The van der Waals surface area contributed by atoms with Gasteiger partial charge in [-0.3, -0.25) is 4.98 Å². The fourth-order valence-electron chi connectivity index (χ4n) is 2.10. The summed E-state index contributed by atoms with van der Waals surface area (Å²) in [4.78, 5) is 5.00. The largest absolute Gasteiger partial charge is 0.391 e. The molecule has 0 unspecified atom stereocenters. The summed E-state index contributed by atoms with van der Waals surface area (Å²) < 4.78 is 26.6. The summed E-state index contributed by atoms with van der Waals surface area (Å²) in [6, 6.07) is 5.52. The molecule has 0 aliphatic heterocycles. The van der Waals surface area contributed by atoms with E-state index < -0.39 is 10.0 Å². The van der Waals surface area contributed by atoms with Gasteiger partial charge in [-0.15, -0.1) is 11.3 Å². The van der Waals surface area contributed by atoms with Crippen LogP contribution in [0.1, 0.15) is 21.8 Å². The van der Waals surface area contributed by atoms with E-state index in [1.165, 1.54) is 22.7 Å². The number of aromatic nitrogens is 1. The van der Waals surface area contributed by atoms with Crippen molar-refractivity contribution >= 4 is 21.4 Å². The molecule has 2 aromatic heterocycles. The maximum atomic E-state index is 12.7. The molecule has 0 amide bonds. The summed E-state index contributed by atoms with van der Waals surface area (Å²) in [5, 5.41) is 11.1. The van der Waals surface area contributed by atoms with Crippen LogP contribution < -0.4 is 0 Å². The van der Waals surface area contributed by atoms with Crippen molar-refractivity contribution in [3.05, 3.63) is 45.4 Å². The van der Waals surface area contributed by atoms with Crippen LogP contribution in [0.5, 0.6) is 0 Å². The normalized spacial score (nSPS) is 12.0. The molecule has 0 aliphatic rings. The van der Waals surface area contributed by atoms with Gasteiger partial charge in [0.05, 0.1) is 23.7 Å². The van der Waals surface area contributed by atoms with Gasteiger partial charge in [-0.05, 0) is 36.9 Å². The zero-order valence-electron chi connectivity index (χ0n) is 12.2. The zero-order valence-corrected chi connectivity index (χ0v) is 13.8. The standard InChI is InChI=1S/C14H18N2O3S2/c1-10-9-20-13(8-17)14(10)21(18,19)16(3)7-12-6-4-5-11(2)15-12/h4-6,9,17H,7-8H2,1-3H3. The Morgan fingerprint density at radius 3 is 2.67 bits per heavy atom. The highest BCUT2D eigenvalue weighted by Gasteiger charge is 2.27. The second-order valence-corrected chi connectivity index (χ2v) is 7.81. The molecule has 21 heavy (non-hydrogen) atoms. The summed E-state index contributed by atoms with van der Waals surface area (Å²) in [5.41, 5.74) is 2.20. The Bertz CT molecular complexity index is 738. The molecule has 0 bridgehead atoms. The molecule has 2 aromatic rings. The molecule has 2 heterocycles. The molecule has 0 atom stereocenters. The number of aryl methyl sites for hydroxylation is 2. The third kappa shape index (κ3) is 3.32. The van der Waals surface area contributed by atoms with Crippen molar-refractivity contribution in [2.24, 2.45) is 0 Å². The molecular weight excluding hydrogens is 308 g/mol. The van der Waals surface area contributed by atoms with Gasteiger partial charge in [0.25, 0.3) is 0 Å². The second-order valence-electron chi connectivity index (χ2n) is 4.86. The Morgan fingerprint density at radius 1 is 1.33 bits per heavy atom. The molecule has 0 aromatic carbocycles. The molecule has 7 heteroatoms. The van der Waals surface area contributed by atoms with Crippen LogP contribution in [0.4, 0.5) is 0 Å². The van der Waals surface area contributed by atoms with E-state index in [1.807, 2.05) is 19.1 Å². The summed E-state index contributed by atoms with van der Waals surface area (Å²) in [5.74, 6) is 0. The third-order valence-electron chi connectivity index (χ3n) is 3.13. The van der Waals surface area contributed by atoms with E-state index in [4.69, 9.17) is 0 Å². The molecule has 2 rings (SSSR count). The first-order chi connectivity index (χ1) is 9.86. The van der Waals surface area contributed by atoms with Gasteiger partial charge >= 0.3 is 0 Å². The van der Waals surface area contributed by atoms with Crippen molar-refractivity contribution in [1.82, 2.24) is 9.29 Å². The molecule has 0 aliphatic carbocycles. The highest BCUT2D eigenvalue weighted by molar-refractivity contribution is 7.89. The molecule has 0 fully saturated rings. The molecule has 0 saturated carbocycles. The maximum absolute atomic E-state index is 12.7. The molecule has 0 radical (unpaired) electrons. The molecular formula is C14H18N2O3S2. The second kappa shape index (κ2) is 6.23. The van der Waals surface area contributed by atoms with Crippen molar-refractivity contribution in [1.29, 1.82) is 0 Å². The number of aliphatic hydroxyl groups is 1. The molecule has 0 saturated heterocycles. The Balaban J connectivity index is 2.33. The van der Waals surface area contributed by atoms with E-state index in [-0.39, 0.29) is 18.0 Å². The van der Waals surface area contributed by atoms with Crippen LogP contribution in [0.25, 0.3) is 0 Å². The Labute approximate surface area is 128 Å². The molecule has 114 valence electrons. The minimum atomic E-state index is -3.64. The number of hydrogen-bond donors (Lipinski definition) is 1. The van der Waals surface area contributed by atoms with Crippen LogP contribution >= 0.6 is 11.3 Å². The van der Waals surface area contributed by atoms with E-state index in [2.05, 4.69) is 4.98 Å². The maximum Gasteiger partial charge on any atom is 0.244 e. The van der Waals surface area contributed by atoms with Crippen molar-refractivity contribution < 1.29 is 13.5 Å². The average molecular weight is 326 g/mol. The first-order valence-electron chi connectivity index (χ1n) is 6.43. The van der Waals surface area contributed by atoms with Crippen LogP contribution in [-0.2, 0) is 23.2 Å². The fourth-order valence-corrected chi connectivity index (χ4v) is 4.85. The minimum Gasteiger partial charge on any atom is -0.391 e. The van der Waals surface area contributed by atoms with Crippen molar-refractivity contribution in [2.75, 3.05) is 7.05 Å². The van der Waals surface area contributed by atoms with E-state index in [9.17, 15) is 13.5 Å². The quantitative estimate of drug-likeness (QED) is 0.913. The lowest BCUT2D eigenvalue weighted by molar-refractivity contribution is 0.282. The highest BCUT2D eigenvalue weighted by atomic mass is 32.2. The minimum absolute atomic E-state index is 0.199. The zero-order chi connectivity index (χ0) is 15.6. The Morgan fingerprint density at radius 2 is 2.05 bits per heavy atom. The lowest BCUT2D eigenvalue weighted by Gasteiger charge is -2.18. The topological polar surface area (TPSA) is 70.5 Å². The van der Waals surface area contributed by atoms with Gasteiger partial charge in [0.15, 0.2) is 0 Å². The number of nitrogens with zero attached hydrogens (tertiary/aromatic N) is 2. The smallest absolute Gasteiger partial charge is 0.244 e. The monoisotopic (exact) mass is 326 g/mol. The van der Waals surface area contributed by atoms with Crippen LogP contribution in [0.2, 0.25) is 0 Å². The third-order valence-corrected chi connectivity index (χ3v) is 6.38. The fraction of sp³-hybridized carbons (Fsp3) is 0.357. The van der Waals surface area contributed by atoms with Gasteiger partial charge in [0.2, 0.25) is 10.0 Å². The summed E-state index contributed by atoms with van der Waals surface area (Å²) in [6.07, 6.45) is 0. The molecule has 1 N–H and O–H groups in total. The van der Waals surface area contributed by atoms with Crippen LogP contribution in [-0.4, -0.2) is 29.9 Å². The van der Waals surface area contributed by atoms with Crippen molar-refractivity contribution in [3.8, 4) is 0 Å². The summed E-state index contributed by atoms with van der Waals surface area (Å²) in [6.45, 7) is 3.53. The predicted octanol–water partition coefficient (Wildman–Crippen LogP) is 2.07. The SMILES string of the molecule is Cc1cccc(CN(C)S(=O)(=O)c2c(C)csc2CO)n1. The molecule has 0 spiro atoms. The first-order valence-corrected chi connectivity index (χ1v) is 8.75. The van der Waals surface area contributed by atoms with E-state index in [0.717, 1.165) is 5.69 Å². The number of pyridine rings is 1. The molecule has 5 nitrogen and oxygen atoms in total. The Kier molecular flexibility index (Phi) is 4.77. The van der Waals surface area contributed by atoms with Crippen molar-refractivity contribution in [2.45, 2.75) is 31.9 Å². The van der Waals surface area contributed by atoms with E-state index in [1.54, 1.807) is 18.4 Å². The number of aliphatic hydroxyl groups excluding tert-OH is 1. The van der Waals surface area contributed by atoms with Crippen LogP contribution in [0, 0.1) is 13.8 Å². The van der Waals surface area contributed by atoms with Gasteiger partial charge in [0.1, 0.15) is 4.90 Å².